The number of esters is 1. The zero-order chi connectivity index (χ0) is 15.8. The molecule has 0 saturated heterocycles. The maximum atomic E-state index is 11.7. The largest absolute Gasteiger partial charge is 0.452 e. The number of anilines is 1. The van der Waals surface area contributed by atoms with Gasteiger partial charge < -0.3 is 15.0 Å². The Bertz CT molecular complexity index is 547. The summed E-state index contributed by atoms with van der Waals surface area (Å²) in [5.41, 5.74) is 1.05. The van der Waals surface area contributed by atoms with Crippen molar-refractivity contribution < 1.29 is 19.1 Å². The number of nitrogens with one attached hydrogen (secondary N) is 1. The highest BCUT2D eigenvalue weighted by Crippen LogP contribution is 2.10. The highest BCUT2D eigenvalue weighted by molar-refractivity contribution is 5.96. The van der Waals surface area contributed by atoms with Gasteiger partial charge in [0.2, 0.25) is 0 Å². The second-order valence-electron chi connectivity index (χ2n) is 4.43. The van der Waals surface area contributed by atoms with E-state index in [1.807, 2.05) is 0 Å². The van der Waals surface area contributed by atoms with Crippen LogP contribution < -0.4 is 5.32 Å². The van der Waals surface area contributed by atoms with Crippen molar-refractivity contribution in [3.63, 3.8) is 0 Å². The summed E-state index contributed by atoms with van der Waals surface area (Å²) in [6.07, 6.45) is 2.76. The molecule has 0 atom stereocenters. The van der Waals surface area contributed by atoms with Crippen molar-refractivity contribution >= 4 is 23.5 Å². The summed E-state index contributed by atoms with van der Waals surface area (Å²) in [7, 11) is 3.33. The van der Waals surface area contributed by atoms with Crippen LogP contribution in [-0.4, -0.2) is 43.4 Å². The number of amides is 2. The first-order valence-corrected chi connectivity index (χ1v) is 6.35. The molecule has 0 radical (unpaired) electrons. The number of hydrogen-bond acceptors (Lipinski definition) is 4. The Balaban J connectivity index is 2.54. The van der Waals surface area contributed by atoms with E-state index in [2.05, 4.69) is 5.32 Å². The van der Waals surface area contributed by atoms with Gasteiger partial charge in [0.15, 0.2) is 6.61 Å². The molecule has 0 bridgehead atoms. The van der Waals surface area contributed by atoms with Gasteiger partial charge in [-0.1, -0.05) is 6.08 Å². The van der Waals surface area contributed by atoms with Crippen molar-refractivity contribution in [2.75, 3.05) is 26.0 Å². The molecule has 0 saturated carbocycles. The van der Waals surface area contributed by atoms with E-state index in [0.717, 1.165) is 0 Å². The van der Waals surface area contributed by atoms with Gasteiger partial charge in [0.1, 0.15) is 0 Å². The smallest absolute Gasteiger partial charge is 0.330 e. The van der Waals surface area contributed by atoms with Crippen molar-refractivity contribution in [1.29, 1.82) is 0 Å². The van der Waals surface area contributed by atoms with Crippen LogP contribution in [0.15, 0.2) is 36.4 Å². The number of carbonyl (C=O) groups excluding carboxylic acids is 3. The minimum Gasteiger partial charge on any atom is -0.452 e. The van der Waals surface area contributed by atoms with Crippen LogP contribution in [0.2, 0.25) is 0 Å². The fraction of sp³-hybridized carbons (Fsp3) is 0.267. The van der Waals surface area contributed by atoms with Crippen LogP contribution >= 0.6 is 0 Å². The van der Waals surface area contributed by atoms with Gasteiger partial charge >= 0.3 is 5.97 Å². The molecular weight excluding hydrogens is 272 g/mol. The van der Waals surface area contributed by atoms with Crippen LogP contribution in [0.3, 0.4) is 0 Å². The van der Waals surface area contributed by atoms with Gasteiger partial charge in [-0.3, -0.25) is 9.59 Å². The van der Waals surface area contributed by atoms with E-state index in [1.54, 1.807) is 45.3 Å². The predicted octanol–water partition coefficient (Wildman–Crippen LogP) is 1.45. The van der Waals surface area contributed by atoms with Crippen molar-refractivity contribution in [3.05, 3.63) is 42.0 Å². The molecule has 1 aromatic rings. The average molecular weight is 290 g/mol. The van der Waals surface area contributed by atoms with Gasteiger partial charge in [-0.2, -0.15) is 0 Å². The number of benzene rings is 1. The Morgan fingerprint density at radius 3 is 2.33 bits per heavy atom. The quantitative estimate of drug-likeness (QED) is 0.658. The fourth-order valence-corrected chi connectivity index (χ4v) is 1.47. The third kappa shape index (κ3) is 5.48. The molecular formula is C15H18N2O4. The number of carbonyl (C=O) groups is 3. The molecule has 1 rings (SSSR count). The lowest BCUT2D eigenvalue weighted by atomic mass is 10.2. The molecule has 0 aliphatic heterocycles. The number of rotatable bonds is 5. The van der Waals surface area contributed by atoms with Crippen LogP contribution in [0.5, 0.6) is 0 Å². The minimum atomic E-state index is -0.570. The monoisotopic (exact) mass is 290 g/mol. The molecule has 1 aromatic carbocycles. The standard InChI is InChI=1S/C15H18N2O4/c1-4-5-14(19)21-10-13(18)16-12-8-6-11(7-9-12)15(20)17(2)3/h4-9H,10H2,1-3H3,(H,16,18)/b5-4+. The second-order valence-corrected chi connectivity index (χ2v) is 4.43. The lowest BCUT2D eigenvalue weighted by Gasteiger charge is -2.11. The van der Waals surface area contributed by atoms with Crippen molar-refractivity contribution in [3.8, 4) is 0 Å². The molecule has 21 heavy (non-hydrogen) atoms. The molecule has 0 heterocycles. The van der Waals surface area contributed by atoms with E-state index in [1.165, 1.54) is 17.1 Å². The summed E-state index contributed by atoms with van der Waals surface area (Å²) in [5.74, 6) is -1.13. The summed E-state index contributed by atoms with van der Waals surface area (Å²) < 4.78 is 4.71. The number of nitrogens with zero attached hydrogens (tertiary/aromatic N) is 1. The first-order chi connectivity index (χ1) is 9.93. The molecule has 6 heteroatoms. The SMILES string of the molecule is C/C=C/C(=O)OCC(=O)Nc1ccc(C(=O)N(C)C)cc1. The second kappa shape index (κ2) is 7.84. The van der Waals surface area contributed by atoms with E-state index in [0.29, 0.717) is 11.3 Å². The highest BCUT2D eigenvalue weighted by Gasteiger charge is 2.09. The van der Waals surface area contributed by atoms with Gasteiger partial charge in [-0.25, -0.2) is 4.79 Å². The van der Waals surface area contributed by atoms with Crippen LogP contribution in [-0.2, 0) is 14.3 Å². The van der Waals surface area contributed by atoms with E-state index in [4.69, 9.17) is 4.74 Å². The van der Waals surface area contributed by atoms with Gasteiger partial charge in [-0.15, -0.1) is 0 Å². The molecule has 0 aliphatic rings. The lowest BCUT2D eigenvalue weighted by molar-refractivity contribution is -0.142. The van der Waals surface area contributed by atoms with Gasteiger partial charge in [0.05, 0.1) is 0 Å². The zero-order valence-corrected chi connectivity index (χ0v) is 12.3. The van der Waals surface area contributed by atoms with E-state index < -0.39 is 11.9 Å². The molecule has 6 nitrogen and oxygen atoms in total. The molecule has 0 aliphatic carbocycles. The third-order valence-corrected chi connectivity index (χ3v) is 2.47. The number of ether oxygens (including phenoxy) is 1. The van der Waals surface area contributed by atoms with E-state index in [-0.39, 0.29) is 12.5 Å². The first-order valence-electron chi connectivity index (χ1n) is 6.35. The topological polar surface area (TPSA) is 75.7 Å². The maximum Gasteiger partial charge on any atom is 0.330 e. The van der Waals surface area contributed by atoms with Crippen LogP contribution in [0.4, 0.5) is 5.69 Å². The summed E-state index contributed by atoms with van der Waals surface area (Å²) in [6.45, 7) is 1.32. The minimum absolute atomic E-state index is 0.117. The van der Waals surface area contributed by atoms with Gasteiger partial charge in [0.25, 0.3) is 11.8 Å². The van der Waals surface area contributed by atoms with Crippen molar-refractivity contribution in [2.45, 2.75) is 6.92 Å². The van der Waals surface area contributed by atoms with E-state index >= 15 is 0 Å². The lowest BCUT2D eigenvalue weighted by Crippen LogP contribution is -2.22. The van der Waals surface area contributed by atoms with Crippen LogP contribution in [0.1, 0.15) is 17.3 Å². The normalized spacial score (nSPS) is 10.2. The molecule has 0 unspecified atom stereocenters. The molecule has 112 valence electrons. The maximum absolute atomic E-state index is 11.7. The fourth-order valence-electron chi connectivity index (χ4n) is 1.47. The Hall–Kier alpha value is -2.63. The first kappa shape index (κ1) is 16.4. The summed E-state index contributed by atoms with van der Waals surface area (Å²) in [4.78, 5) is 35.8. The summed E-state index contributed by atoms with van der Waals surface area (Å²) in [6, 6.07) is 6.46. The Labute approximate surface area is 123 Å². The van der Waals surface area contributed by atoms with Gasteiger partial charge in [-0.05, 0) is 31.2 Å². The molecule has 0 fully saturated rings. The Kier molecular flexibility index (Phi) is 6.13. The molecule has 0 aromatic heterocycles. The highest BCUT2D eigenvalue weighted by atomic mass is 16.5. The molecule has 2 amide bonds. The molecule has 0 spiro atoms. The summed E-state index contributed by atoms with van der Waals surface area (Å²) in [5, 5.41) is 2.57. The van der Waals surface area contributed by atoms with Crippen LogP contribution in [0.25, 0.3) is 0 Å². The van der Waals surface area contributed by atoms with E-state index in [9.17, 15) is 14.4 Å². The predicted molar refractivity (Wildman–Crippen MR) is 78.9 cm³/mol. The molecule has 1 N–H and O–H groups in total. The Morgan fingerprint density at radius 2 is 1.81 bits per heavy atom. The van der Waals surface area contributed by atoms with Crippen LogP contribution in [0, 0.1) is 0 Å². The summed E-state index contributed by atoms with van der Waals surface area (Å²) >= 11 is 0. The van der Waals surface area contributed by atoms with Crippen molar-refractivity contribution in [1.82, 2.24) is 4.90 Å². The Morgan fingerprint density at radius 1 is 1.19 bits per heavy atom. The zero-order valence-electron chi connectivity index (χ0n) is 12.3. The number of allylic oxidation sites excluding steroid dienone is 1. The van der Waals surface area contributed by atoms with Crippen molar-refractivity contribution in [2.24, 2.45) is 0 Å². The van der Waals surface area contributed by atoms with Gasteiger partial charge in [0, 0.05) is 31.4 Å². The third-order valence-electron chi connectivity index (χ3n) is 2.47. The average Bonchev–Trinajstić information content (AvgIpc) is 2.45. The number of hydrogen-bond donors (Lipinski definition) is 1.